The Bertz CT molecular complexity index is 260. The highest BCUT2D eigenvalue weighted by Gasteiger charge is 1.98. The predicted molar refractivity (Wildman–Crippen MR) is 42.0 cm³/mol. The Morgan fingerprint density at radius 2 is 2.30 bits per heavy atom. The van der Waals surface area contributed by atoms with Crippen LogP contribution in [-0.2, 0) is 0 Å². The van der Waals surface area contributed by atoms with E-state index in [0.29, 0.717) is 4.60 Å². The van der Waals surface area contributed by atoms with E-state index in [0.717, 1.165) is 0 Å². The Kier molecular flexibility index (Phi) is 2.17. The van der Waals surface area contributed by atoms with Gasteiger partial charge in [0, 0.05) is 0 Å². The lowest BCUT2D eigenvalue weighted by Crippen LogP contribution is -1.86. The number of halogens is 2. The summed E-state index contributed by atoms with van der Waals surface area (Å²) in [5.74, 6) is -0.349. The third kappa shape index (κ3) is 1.42. The topological polar surface area (TPSA) is 12.9 Å². The van der Waals surface area contributed by atoms with Crippen molar-refractivity contribution in [2.45, 2.75) is 0 Å². The van der Waals surface area contributed by atoms with Crippen molar-refractivity contribution in [1.29, 1.82) is 0 Å². The first kappa shape index (κ1) is 7.41. The average Bonchev–Trinajstić information content (AvgIpc) is 1.94. The highest BCUT2D eigenvalue weighted by atomic mass is 79.9. The Balaban J connectivity index is 3.21. The number of hydrogen-bond donors (Lipinski definition) is 0. The number of nitrogens with zero attached hydrogens (tertiary/aromatic N) is 1. The second kappa shape index (κ2) is 2.92. The summed E-state index contributed by atoms with van der Waals surface area (Å²) < 4.78 is 13.2. The maximum absolute atomic E-state index is 12.6. The van der Waals surface area contributed by atoms with Gasteiger partial charge in [0.15, 0.2) is 0 Å². The van der Waals surface area contributed by atoms with Gasteiger partial charge in [-0.2, -0.15) is 0 Å². The first-order valence-corrected chi connectivity index (χ1v) is 3.48. The van der Waals surface area contributed by atoms with E-state index in [1.807, 2.05) is 0 Å². The molecule has 1 aromatic rings. The standard InChI is InChI=1S/C7H5BrFN/c1-2-6-5(9)3-4-7(8)10-6/h2-4H,1H2. The molecule has 10 heavy (non-hydrogen) atoms. The fourth-order valence-corrected chi connectivity index (χ4v) is 0.899. The van der Waals surface area contributed by atoms with Gasteiger partial charge < -0.3 is 0 Å². The second-order valence-corrected chi connectivity index (χ2v) is 2.52. The van der Waals surface area contributed by atoms with Gasteiger partial charge in [-0.1, -0.05) is 6.58 Å². The van der Waals surface area contributed by atoms with Crippen LogP contribution >= 0.6 is 15.9 Å². The highest BCUT2D eigenvalue weighted by Crippen LogP contribution is 2.10. The molecule has 0 aliphatic carbocycles. The van der Waals surface area contributed by atoms with Crippen LogP contribution in [-0.4, -0.2) is 4.98 Å². The van der Waals surface area contributed by atoms with Gasteiger partial charge in [-0.25, -0.2) is 9.37 Å². The minimum atomic E-state index is -0.349. The zero-order chi connectivity index (χ0) is 7.56. The van der Waals surface area contributed by atoms with Crippen LogP contribution in [0.3, 0.4) is 0 Å². The van der Waals surface area contributed by atoms with Crippen LogP contribution in [0.5, 0.6) is 0 Å². The normalized spacial score (nSPS) is 9.40. The van der Waals surface area contributed by atoms with Gasteiger partial charge in [0.1, 0.15) is 10.4 Å². The molecular weight excluding hydrogens is 197 g/mol. The molecule has 0 N–H and O–H groups in total. The minimum absolute atomic E-state index is 0.273. The van der Waals surface area contributed by atoms with E-state index in [1.165, 1.54) is 12.1 Å². The number of hydrogen-bond acceptors (Lipinski definition) is 1. The fourth-order valence-electron chi connectivity index (χ4n) is 0.576. The van der Waals surface area contributed by atoms with Crippen LogP contribution in [0.1, 0.15) is 5.69 Å². The van der Waals surface area contributed by atoms with Crippen LogP contribution in [0, 0.1) is 5.82 Å². The fraction of sp³-hybridized carbons (Fsp3) is 0. The maximum atomic E-state index is 12.6. The molecule has 52 valence electrons. The van der Waals surface area contributed by atoms with Gasteiger partial charge in [0.05, 0.1) is 5.69 Å². The molecule has 1 heterocycles. The van der Waals surface area contributed by atoms with Crippen LogP contribution in [0.4, 0.5) is 4.39 Å². The van der Waals surface area contributed by atoms with Crippen molar-refractivity contribution in [1.82, 2.24) is 4.98 Å². The van der Waals surface area contributed by atoms with Gasteiger partial charge in [-0.05, 0) is 34.1 Å². The lowest BCUT2D eigenvalue weighted by atomic mass is 10.3. The van der Waals surface area contributed by atoms with Gasteiger partial charge in [0.25, 0.3) is 0 Å². The summed E-state index contributed by atoms with van der Waals surface area (Å²) in [4.78, 5) is 3.81. The van der Waals surface area contributed by atoms with E-state index < -0.39 is 0 Å². The number of pyridine rings is 1. The SMILES string of the molecule is C=Cc1nc(Br)ccc1F. The van der Waals surface area contributed by atoms with E-state index in [1.54, 1.807) is 6.07 Å². The van der Waals surface area contributed by atoms with Crippen molar-refractivity contribution in [2.75, 3.05) is 0 Å². The molecule has 0 saturated heterocycles. The van der Waals surface area contributed by atoms with Crippen LogP contribution < -0.4 is 0 Å². The summed E-state index contributed by atoms with van der Waals surface area (Å²) in [7, 11) is 0. The quantitative estimate of drug-likeness (QED) is 0.638. The van der Waals surface area contributed by atoms with Crippen LogP contribution in [0.25, 0.3) is 6.08 Å². The molecule has 0 amide bonds. The average molecular weight is 202 g/mol. The van der Waals surface area contributed by atoms with Gasteiger partial charge in [-0.3, -0.25) is 0 Å². The Labute approximate surface area is 66.7 Å². The van der Waals surface area contributed by atoms with E-state index >= 15 is 0 Å². The third-order valence-electron chi connectivity index (χ3n) is 1.03. The van der Waals surface area contributed by atoms with Crippen molar-refractivity contribution in [2.24, 2.45) is 0 Å². The summed E-state index contributed by atoms with van der Waals surface area (Å²) in [5.41, 5.74) is 0.273. The summed E-state index contributed by atoms with van der Waals surface area (Å²) in [6.45, 7) is 3.41. The minimum Gasteiger partial charge on any atom is -0.238 e. The lowest BCUT2D eigenvalue weighted by molar-refractivity contribution is 0.617. The molecule has 1 aromatic heterocycles. The number of rotatable bonds is 1. The largest absolute Gasteiger partial charge is 0.238 e. The van der Waals surface area contributed by atoms with E-state index in [2.05, 4.69) is 27.5 Å². The van der Waals surface area contributed by atoms with Crippen molar-refractivity contribution in [3.63, 3.8) is 0 Å². The Morgan fingerprint density at radius 3 is 2.80 bits per heavy atom. The lowest BCUT2D eigenvalue weighted by Gasteiger charge is -1.94. The Morgan fingerprint density at radius 1 is 1.60 bits per heavy atom. The second-order valence-electron chi connectivity index (χ2n) is 1.71. The molecule has 1 rings (SSSR count). The van der Waals surface area contributed by atoms with Gasteiger partial charge in [0.2, 0.25) is 0 Å². The molecule has 0 unspecified atom stereocenters. The molecule has 0 radical (unpaired) electrons. The Hall–Kier alpha value is -0.700. The molecule has 0 bridgehead atoms. The zero-order valence-electron chi connectivity index (χ0n) is 5.14. The smallest absolute Gasteiger partial charge is 0.148 e. The zero-order valence-corrected chi connectivity index (χ0v) is 6.73. The summed E-state index contributed by atoms with van der Waals surface area (Å²) in [5, 5.41) is 0. The molecule has 1 nitrogen and oxygen atoms in total. The summed E-state index contributed by atoms with van der Waals surface area (Å²) >= 11 is 3.11. The summed E-state index contributed by atoms with van der Waals surface area (Å²) in [6, 6.07) is 2.89. The summed E-state index contributed by atoms with van der Waals surface area (Å²) in [6.07, 6.45) is 1.38. The van der Waals surface area contributed by atoms with Crippen molar-refractivity contribution in [3.05, 3.63) is 34.8 Å². The molecule has 0 aliphatic rings. The van der Waals surface area contributed by atoms with Gasteiger partial charge in [-0.15, -0.1) is 0 Å². The molecule has 3 heteroatoms. The van der Waals surface area contributed by atoms with Gasteiger partial charge >= 0.3 is 0 Å². The van der Waals surface area contributed by atoms with Crippen LogP contribution in [0.15, 0.2) is 23.3 Å². The number of aromatic nitrogens is 1. The molecular formula is C7H5BrFN. The molecule has 0 aromatic carbocycles. The molecule has 0 fully saturated rings. The maximum Gasteiger partial charge on any atom is 0.148 e. The molecule has 0 saturated carbocycles. The molecule has 0 spiro atoms. The predicted octanol–water partition coefficient (Wildman–Crippen LogP) is 2.63. The third-order valence-corrected chi connectivity index (χ3v) is 1.47. The first-order chi connectivity index (χ1) is 4.74. The van der Waals surface area contributed by atoms with Crippen molar-refractivity contribution < 1.29 is 4.39 Å². The van der Waals surface area contributed by atoms with Crippen molar-refractivity contribution in [3.8, 4) is 0 Å². The highest BCUT2D eigenvalue weighted by molar-refractivity contribution is 9.10. The molecule has 0 atom stereocenters. The monoisotopic (exact) mass is 201 g/mol. The van der Waals surface area contributed by atoms with E-state index in [-0.39, 0.29) is 11.5 Å². The van der Waals surface area contributed by atoms with E-state index in [9.17, 15) is 4.39 Å². The van der Waals surface area contributed by atoms with Crippen molar-refractivity contribution >= 4 is 22.0 Å². The molecule has 0 aliphatic heterocycles. The van der Waals surface area contributed by atoms with Crippen LogP contribution in [0.2, 0.25) is 0 Å². The van der Waals surface area contributed by atoms with E-state index in [4.69, 9.17) is 0 Å². The first-order valence-electron chi connectivity index (χ1n) is 2.68.